The van der Waals surface area contributed by atoms with Crippen LogP contribution in [0.25, 0.3) is 0 Å². The second-order valence-electron chi connectivity index (χ2n) is 4.94. The van der Waals surface area contributed by atoms with E-state index in [0.29, 0.717) is 12.3 Å². The van der Waals surface area contributed by atoms with Gasteiger partial charge >= 0.3 is 0 Å². The number of hydrogen-bond donors (Lipinski definition) is 2. The monoisotopic (exact) mass is 284 g/mol. The summed E-state index contributed by atoms with van der Waals surface area (Å²) in [7, 11) is 0. The Morgan fingerprint density at radius 1 is 1.19 bits per heavy atom. The zero-order valence-corrected chi connectivity index (χ0v) is 12.3. The van der Waals surface area contributed by atoms with E-state index in [9.17, 15) is 4.79 Å². The van der Waals surface area contributed by atoms with Gasteiger partial charge in [0.05, 0.1) is 0 Å². The number of carbonyl (C=O) groups excluding carboxylic acids is 1. The molecule has 2 rings (SSSR count). The van der Waals surface area contributed by atoms with Crippen molar-refractivity contribution in [2.45, 2.75) is 20.4 Å². The number of nitrogens with one attached hydrogen (secondary N) is 1. The van der Waals surface area contributed by atoms with Crippen LogP contribution in [-0.4, -0.2) is 12.5 Å². The molecule has 0 heterocycles. The van der Waals surface area contributed by atoms with Crippen LogP contribution >= 0.6 is 0 Å². The molecule has 21 heavy (non-hydrogen) atoms. The third-order valence-corrected chi connectivity index (χ3v) is 3.38. The molecule has 4 nitrogen and oxygen atoms in total. The summed E-state index contributed by atoms with van der Waals surface area (Å²) in [5, 5.41) is 2.86. The molecule has 2 aromatic rings. The summed E-state index contributed by atoms with van der Waals surface area (Å²) < 4.78 is 5.49. The lowest BCUT2D eigenvalue weighted by Gasteiger charge is -2.11. The quantitative estimate of drug-likeness (QED) is 0.887. The number of amides is 1. The minimum absolute atomic E-state index is 0.0264. The fourth-order valence-corrected chi connectivity index (χ4v) is 1.98. The van der Waals surface area contributed by atoms with E-state index >= 15 is 0 Å². The van der Waals surface area contributed by atoms with Gasteiger partial charge in [0.1, 0.15) is 5.75 Å². The van der Waals surface area contributed by atoms with Crippen LogP contribution < -0.4 is 15.8 Å². The van der Waals surface area contributed by atoms with Crippen molar-refractivity contribution in [2.24, 2.45) is 5.73 Å². The molecule has 0 bridgehead atoms. The fraction of sp³-hybridized carbons (Fsp3) is 0.235. The van der Waals surface area contributed by atoms with Crippen molar-refractivity contribution in [3.63, 3.8) is 0 Å². The highest BCUT2D eigenvalue weighted by molar-refractivity contribution is 5.92. The van der Waals surface area contributed by atoms with E-state index in [4.69, 9.17) is 10.5 Å². The number of benzene rings is 2. The van der Waals surface area contributed by atoms with Gasteiger partial charge in [0, 0.05) is 12.2 Å². The van der Waals surface area contributed by atoms with E-state index in [0.717, 1.165) is 22.4 Å². The SMILES string of the molecule is Cc1cccc(NC(=O)COc2cccc(CN)c2)c1C. The largest absolute Gasteiger partial charge is 0.484 e. The van der Waals surface area contributed by atoms with Gasteiger partial charge in [-0.25, -0.2) is 0 Å². The van der Waals surface area contributed by atoms with Crippen LogP contribution in [0.3, 0.4) is 0 Å². The standard InChI is InChI=1S/C17H20N2O2/c1-12-5-3-8-16(13(12)2)19-17(20)11-21-15-7-4-6-14(9-15)10-18/h3-9H,10-11,18H2,1-2H3,(H,19,20). The third kappa shape index (κ3) is 4.07. The van der Waals surface area contributed by atoms with Gasteiger partial charge < -0.3 is 15.8 Å². The smallest absolute Gasteiger partial charge is 0.262 e. The van der Waals surface area contributed by atoms with Gasteiger partial charge in [0.25, 0.3) is 5.91 Å². The fourth-order valence-electron chi connectivity index (χ4n) is 1.98. The summed E-state index contributed by atoms with van der Waals surface area (Å²) in [6.07, 6.45) is 0. The molecule has 2 aromatic carbocycles. The lowest BCUT2D eigenvalue weighted by molar-refractivity contribution is -0.118. The summed E-state index contributed by atoms with van der Waals surface area (Å²) in [6, 6.07) is 13.2. The molecule has 0 radical (unpaired) electrons. The van der Waals surface area contributed by atoms with Gasteiger partial charge in [-0.15, -0.1) is 0 Å². The zero-order chi connectivity index (χ0) is 15.2. The summed E-state index contributed by atoms with van der Waals surface area (Å²) >= 11 is 0. The highest BCUT2D eigenvalue weighted by atomic mass is 16.5. The summed E-state index contributed by atoms with van der Waals surface area (Å²) in [4.78, 5) is 11.9. The molecule has 0 saturated carbocycles. The van der Waals surface area contributed by atoms with Crippen LogP contribution in [0.5, 0.6) is 5.75 Å². The average molecular weight is 284 g/mol. The van der Waals surface area contributed by atoms with E-state index in [1.807, 2.05) is 56.3 Å². The first-order chi connectivity index (χ1) is 10.1. The van der Waals surface area contributed by atoms with Gasteiger partial charge in [0.2, 0.25) is 0 Å². The molecule has 0 saturated heterocycles. The molecule has 110 valence electrons. The van der Waals surface area contributed by atoms with Crippen LogP contribution in [0.2, 0.25) is 0 Å². The minimum atomic E-state index is -0.179. The summed E-state index contributed by atoms with van der Waals surface area (Å²) in [5.41, 5.74) is 9.57. The molecule has 0 aromatic heterocycles. The van der Waals surface area contributed by atoms with Crippen LogP contribution in [0.4, 0.5) is 5.69 Å². The van der Waals surface area contributed by atoms with E-state index in [1.54, 1.807) is 0 Å². The minimum Gasteiger partial charge on any atom is -0.484 e. The Hall–Kier alpha value is -2.33. The highest BCUT2D eigenvalue weighted by Crippen LogP contribution is 2.18. The maximum Gasteiger partial charge on any atom is 0.262 e. The van der Waals surface area contributed by atoms with Crippen molar-refractivity contribution in [1.82, 2.24) is 0 Å². The molecule has 0 fully saturated rings. The topological polar surface area (TPSA) is 64.3 Å². The number of hydrogen-bond acceptors (Lipinski definition) is 3. The van der Waals surface area contributed by atoms with Crippen LogP contribution in [0, 0.1) is 13.8 Å². The number of carbonyl (C=O) groups is 1. The highest BCUT2D eigenvalue weighted by Gasteiger charge is 2.07. The molecule has 4 heteroatoms. The van der Waals surface area contributed by atoms with E-state index in [1.165, 1.54) is 0 Å². The number of nitrogens with two attached hydrogens (primary N) is 1. The predicted octanol–water partition coefficient (Wildman–Crippen LogP) is 2.78. The summed E-state index contributed by atoms with van der Waals surface area (Å²) in [5.74, 6) is 0.468. The van der Waals surface area contributed by atoms with Crippen LogP contribution in [0.1, 0.15) is 16.7 Å². The van der Waals surface area contributed by atoms with Gasteiger partial charge in [0.15, 0.2) is 6.61 Å². The van der Waals surface area contributed by atoms with Gasteiger partial charge in [-0.2, -0.15) is 0 Å². The van der Waals surface area contributed by atoms with Crippen LogP contribution in [-0.2, 0) is 11.3 Å². The van der Waals surface area contributed by atoms with Gasteiger partial charge in [-0.1, -0.05) is 24.3 Å². The number of anilines is 1. The second-order valence-corrected chi connectivity index (χ2v) is 4.94. The molecule has 1 amide bonds. The molecular weight excluding hydrogens is 264 g/mol. The molecule has 0 atom stereocenters. The van der Waals surface area contributed by atoms with E-state index in [-0.39, 0.29) is 12.5 Å². The van der Waals surface area contributed by atoms with Crippen molar-refractivity contribution >= 4 is 11.6 Å². The Labute approximate surface area is 124 Å². The molecule has 0 spiro atoms. The van der Waals surface area contributed by atoms with Crippen molar-refractivity contribution < 1.29 is 9.53 Å². The molecule has 0 aliphatic rings. The van der Waals surface area contributed by atoms with E-state index < -0.39 is 0 Å². The Morgan fingerprint density at radius 2 is 1.95 bits per heavy atom. The number of ether oxygens (including phenoxy) is 1. The Balaban J connectivity index is 1.94. The van der Waals surface area contributed by atoms with Crippen LogP contribution in [0.15, 0.2) is 42.5 Å². The normalized spacial score (nSPS) is 10.2. The molecule has 0 aliphatic heterocycles. The maximum absolute atomic E-state index is 11.9. The maximum atomic E-state index is 11.9. The first-order valence-electron chi connectivity index (χ1n) is 6.88. The zero-order valence-electron chi connectivity index (χ0n) is 12.3. The Morgan fingerprint density at radius 3 is 2.71 bits per heavy atom. The van der Waals surface area contributed by atoms with Crippen molar-refractivity contribution in [3.8, 4) is 5.75 Å². The van der Waals surface area contributed by atoms with Crippen molar-refractivity contribution in [3.05, 3.63) is 59.2 Å². The first-order valence-corrected chi connectivity index (χ1v) is 6.88. The Bertz CT molecular complexity index is 638. The lowest BCUT2D eigenvalue weighted by atomic mass is 10.1. The molecule has 0 aliphatic carbocycles. The van der Waals surface area contributed by atoms with Crippen molar-refractivity contribution in [2.75, 3.05) is 11.9 Å². The molecule has 3 N–H and O–H groups in total. The second kappa shape index (κ2) is 6.90. The van der Waals surface area contributed by atoms with Gasteiger partial charge in [-0.3, -0.25) is 4.79 Å². The number of aryl methyl sites for hydroxylation is 1. The third-order valence-electron chi connectivity index (χ3n) is 3.38. The van der Waals surface area contributed by atoms with E-state index in [2.05, 4.69) is 5.32 Å². The predicted molar refractivity (Wildman–Crippen MR) is 84.4 cm³/mol. The van der Waals surface area contributed by atoms with Gasteiger partial charge in [-0.05, 0) is 48.7 Å². The first kappa shape index (κ1) is 15.1. The molecular formula is C17H20N2O2. The summed E-state index contributed by atoms with van der Waals surface area (Å²) in [6.45, 7) is 4.42. The lowest BCUT2D eigenvalue weighted by Crippen LogP contribution is -2.20. The Kier molecular flexibility index (Phi) is 4.95. The number of rotatable bonds is 5. The van der Waals surface area contributed by atoms with Crippen molar-refractivity contribution in [1.29, 1.82) is 0 Å². The molecule has 0 unspecified atom stereocenters. The average Bonchev–Trinajstić information content (AvgIpc) is 2.50.